The molecular weight excluding hydrogens is 344 g/mol. The molecule has 0 aromatic rings. The van der Waals surface area contributed by atoms with Crippen LogP contribution in [0.3, 0.4) is 0 Å². The second-order valence-electron chi connectivity index (χ2n) is 8.96. The summed E-state index contributed by atoms with van der Waals surface area (Å²) in [6.07, 6.45) is 25.1. The first-order chi connectivity index (χ1) is 13.0. The predicted octanol–water partition coefficient (Wildman–Crippen LogP) is 8.25. The highest BCUT2D eigenvalue weighted by molar-refractivity contribution is 6.84. The van der Waals surface area contributed by atoms with E-state index in [0.29, 0.717) is 6.42 Å². The molecule has 0 aromatic carbocycles. The Hall–Kier alpha value is -0.813. The second kappa shape index (κ2) is 18.5. The lowest BCUT2D eigenvalue weighted by Crippen LogP contribution is -2.17. The minimum Gasteiger partial charge on any atom is -0.285 e. The molecule has 0 aliphatic heterocycles. The van der Waals surface area contributed by atoms with E-state index in [1.165, 1.54) is 89.9 Å². The van der Waals surface area contributed by atoms with Gasteiger partial charge in [-0.25, -0.2) is 0 Å². The Morgan fingerprint density at radius 2 is 1.15 bits per heavy atom. The summed E-state index contributed by atoms with van der Waals surface area (Å²) in [6, 6.07) is 0. The van der Waals surface area contributed by atoms with Gasteiger partial charge in [0.15, 0.2) is 0 Å². The van der Waals surface area contributed by atoms with Crippen LogP contribution in [-0.4, -0.2) is 13.9 Å². The molecule has 0 atom stereocenters. The highest BCUT2D eigenvalue weighted by atomic mass is 28.3. The van der Waals surface area contributed by atoms with Gasteiger partial charge in [-0.15, -0.1) is 5.54 Å². The molecule has 156 valence electrons. The van der Waals surface area contributed by atoms with Crippen molar-refractivity contribution >= 4 is 13.9 Å². The lowest BCUT2D eigenvalue weighted by molar-refractivity contribution is -0.113. The second-order valence-corrected chi connectivity index (χ2v) is 13.7. The summed E-state index contributed by atoms with van der Waals surface area (Å²) >= 11 is 0. The summed E-state index contributed by atoms with van der Waals surface area (Å²) in [6.45, 7) is 8.81. The maximum Gasteiger partial charge on any atom is 0.204 e. The van der Waals surface area contributed by atoms with Gasteiger partial charge in [0.25, 0.3) is 0 Å². The van der Waals surface area contributed by atoms with Crippen LogP contribution in [0.1, 0.15) is 110 Å². The van der Waals surface area contributed by atoms with Crippen molar-refractivity contribution in [2.75, 3.05) is 0 Å². The number of hydrogen-bond acceptors (Lipinski definition) is 1. The van der Waals surface area contributed by atoms with Gasteiger partial charge in [-0.2, -0.15) is 0 Å². The molecule has 0 amide bonds. The maximum atomic E-state index is 11.7. The molecule has 2 heteroatoms. The van der Waals surface area contributed by atoms with Crippen molar-refractivity contribution in [3.63, 3.8) is 0 Å². The summed E-state index contributed by atoms with van der Waals surface area (Å²) in [4.78, 5) is 11.7. The summed E-state index contributed by atoms with van der Waals surface area (Å²) in [5.74, 6) is 2.99. The Labute approximate surface area is 171 Å². The fourth-order valence-corrected chi connectivity index (χ4v) is 3.54. The van der Waals surface area contributed by atoms with Gasteiger partial charge in [0.05, 0.1) is 0 Å². The summed E-state index contributed by atoms with van der Waals surface area (Å²) in [5, 5.41) is 0. The third-order valence-corrected chi connectivity index (χ3v) is 5.62. The molecule has 0 unspecified atom stereocenters. The number of hydrogen-bond donors (Lipinski definition) is 0. The zero-order valence-corrected chi connectivity index (χ0v) is 19.9. The van der Waals surface area contributed by atoms with Crippen molar-refractivity contribution in [1.29, 1.82) is 0 Å². The van der Waals surface area contributed by atoms with Crippen LogP contribution in [0.5, 0.6) is 0 Å². The Bertz CT molecular complexity index is 433. The molecule has 0 aliphatic rings. The van der Waals surface area contributed by atoms with E-state index in [2.05, 4.69) is 50.2 Å². The van der Waals surface area contributed by atoms with E-state index in [9.17, 15) is 4.79 Å². The first kappa shape index (κ1) is 26.2. The molecule has 0 radical (unpaired) electrons. The first-order valence-corrected chi connectivity index (χ1v) is 15.2. The lowest BCUT2D eigenvalue weighted by Gasteiger charge is -2.03. The predicted molar refractivity (Wildman–Crippen MR) is 125 cm³/mol. The van der Waals surface area contributed by atoms with Gasteiger partial charge in [-0.05, 0) is 38.0 Å². The molecule has 0 N–H and O–H groups in total. The van der Waals surface area contributed by atoms with Crippen molar-refractivity contribution < 1.29 is 4.79 Å². The standard InChI is InChI=1S/C25H46OSi/c1-5-6-7-8-9-10-11-12-13-14-15-16-17-18-19-20-21-22-25(26)23-24-27(2,3)4/h12-13H,5-11,14-22H2,1-4H3/b13-12-. The van der Waals surface area contributed by atoms with Crippen LogP contribution in [0.2, 0.25) is 19.6 Å². The Balaban J connectivity index is 3.30. The number of ketones is 1. The average molecular weight is 391 g/mol. The molecule has 0 saturated carbocycles. The van der Waals surface area contributed by atoms with Crippen molar-refractivity contribution in [2.45, 2.75) is 129 Å². The van der Waals surface area contributed by atoms with E-state index in [-0.39, 0.29) is 5.78 Å². The molecule has 0 rings (SSSR count). The topological polar surface area (TPSA) is 17.1 Å². The highest BCUT2D eigenvalue weighted by Crippen LogP contribution is 2.11. The molecule has 27 heavy (non-hydrogen) atoms. The van der Waals surface area contributed by atoms with E-state index in [0.717, 1.165) is 6.42 Å². The zero-order valence-electron chi connectivity index (χ0n) is 18.9. The van der Waals surface area contributed by atoms with Crippen LogP contribution < -0.4 is 0 Å². The van der Waals surface area contributed by atoms with Crippen LogP contribution in [-0.2, 0) is 4.79 Å². The molecular formula is C25H46OSi. The lowest BCUT2D eigenvalue weighted by atomic mass is 10.1. The van der Waals surface area contributed by atoms with Crippen LogP contribution in [0.4, 0.5) is 0 Å². The quantitative estimate of drug-likeness (QED) is 0.106. The zero-order chi connectivity index (χ0) is 20.2. The van der Waals surface area contributed by atoms with Crippen LogP contribution >= 0.6 is 0 Å². The SMILES string of the molecule is CCCCCCCC/C=C\CCCCCCCCCC(=O)C#C[Si](C)(C)C. The fraction of sp³-hybridized carbons (Fsp3) is 0.800. The number of unbranched alkanes of at least 4 members (excludes halogenated alkanes) is 13. The van der Waals surface area contributed by atoms with Crippen molar-refractivity contribution in [3.05, 3.63) is 12.2 Å². The molecule has 0 heterocycles. The number of Topliss-reactive ketones (excluding diaryl/α,β-unsaturated/α-hetero) is 1. The van der Waals surface area contributed by atoms with E-state index >= 15 is 0 Å². The van der Waals surface area contributed by atoms with Gasteiger partial charge in [0.2, 0.25) is 5.78 Å². The van der Waals surface area contributed by atoms with Gasteiger partial charge in [0.1, 0.15) is 8.07 Å². The number of carbonyl (C=O) groups excluding carboxylic acids is 1. The smallest absolute Gasteiger partial charge is 0.204 e. The van der Waals surface area contributed by atoms with E-state index in [1.807, 2.05) is 0 Å². The van der Waals surface area contributed by atoms with Gasteiger partial charge in [0, 0.05) is 6.42 Å². The van der Waals surface area contributed by atoms with Crippen molar-refractivity contribution in [3.8, 4) is 11.5 Å². The van der Waals surface area contributed by atoms with Crippen LogP contribution in [0.25, 0.3) is 0 Å². The van der Waals surface area contributed by atoms with Crippen LogP contribution in [0, 0.1) is 11.5 Å². The summed E-state index contributed by atoms with van der Waals surface area (Å²) in [7, 11) is -1.40. The summed E-state index contributed by atoms with van der Waals surface area (Å²) in [5.41, 5.74) is 3.16. The van der Waals surface area contributed by atoms with Crippen LogP contribution in [0.15, 0.2) is 12.2 Å². The van der Waals surface area contributed by atoms with E-state index in [4.69, 9.17) is 0 Å². The molecule has 0 fully saturated rings. The Morgan fingerprint density at radius 1 is 0.704 bits per heavy atom. The molecule has 0 aliphatic carbocycles. The van der Waals surface area contributed by atoms with Gasteiger partial charge < -0.3 is 0 Å². The normalized spacial score (nSPS) is 11.6. The van der Waals surface area contributed by atoms with Crippen molar-refractivity contribution in [1.82, 2.24) is 0 Å². The molecule has 0 bridgehead atoms. The minimum atomic E-state index is -1.40. The fourth-order valence-electron chi connectivity index (χ4n) is 3.03. The maximum absolute atomic E-state index is 11.7. The average Bonchev–Trinajstić information content (AvgIpc) is 2.62. The minimum absolute atomic E-state index is 0.144. The molecule has 0 spiro atoms. The van der Waals surface area contributed by atoms with E-state index < -0.39 is 8.07 Å². The number of allylic oxidation sites excluding steroid dienone is 2. The first-order valence-electron chi connectivity index (χ1n) is 11.7. The molecule has 0 saturated heterocycles. The van der Waals surface area contributed by atoms with Gasteiger partial charge in [-0.1, -0.05) is 103 Å². The third-order valence-electron chi connectivity index (χ3n) is 4.74. The monoisotopic (exact) mass is 390 g/mol. The van der Waals surface area contributed by atoms with Gasteiger partial charge >= 0.3 is 0 Å². The number of carbonyl (C=O) groups is 1. The Kier molecular flexibility index (Phi) is 18.0. The highest BCUT2D eigenvalue weighted by Gasteiger charge is 2.08. The van der Waals surface area contributed by atoms with E-state index in [1.54, 1.807) is 0 Å². The number of rotatable bonds is 17. The Morgan fingerprint density at radius 3 is 1.63 bits per heavy atom. The molecule has 1 nitrogen and oxygen atoms in total. The summed E-state index contributed by atoms with van der Waals surface area (Å²) < 4.78 is 0. The third kappa shape index (κ3) is 23.1. The largest absolute Gasteiger partial charge is 0.285 e. The van der Waals surface area contributed by atoms with Gasteiger partial charge in [-0.3, -0.25) is 4.79 Å². The molecule has 0 aromatic heterocycles. The van der Waals surface area contributed by atoms with Crippen molar-refractivity contribution in [2.24, 2.45) is 0 Å².